The quantitative estimate of drug-likeness (QED) is 0.612. The fraction of sp³-hybridized carbons (Fsp3) is 0.250. The Morgan fingerprint density at radius 1 is 1.15 bits per heavy atom. The molecule has 138 valence electrons. The number of rotatable bonds is 7. The van der Waals surface area contributed by atoms with Gasteiger partial charge in [-0.3, -0.25) is 4.79 Å². The van der Waals surface area contributed by atoms with Gasteiger partial charge in [0.15, 0.2) is 5.16 Å². The summed E-state index contributed by atoms with van der Waals surface area (Å²) in [5, 5.41) is 21.7. The molecule has 6 nitrogen and oxygen atoms in total. The SMILES string of the molecule is O=C(CSc1nnc(C2CC2)n1Cc1ccccc1)Nc1cccc(O)c1. The fourth-order valence-corrected chi connectivity index (χ4v) is 3.62. The van der Waals surface area contributed by atoms with Crippen molar-refractivity contribution in [1.29, 1.82) is 0 Å². The number of phenolic OH excluding ortho intramolecular Hbond substituents is 1. The van der Waals surface area contributed by atoms with Gasteiger partial charge in [-0.15, -0.1) is 10.2 Å². The van der Waals surface area contributed by atoms with Crippen molar-refractivity contribution in [1.82, 2.24) is 14.8 Å². The van der Waals surface area contributed by atoms with Gasteiger partial charge in [-0.2, -0.15) is 0 Å². The molecule has 1 aliphatic rings. The molecule has 0 atom stereocenters. The minimum Gasteiger partial charge on any atom is -0.508 e. The van der Waals surface area contributed by atoms with Crippen LogP contribution >= 0.6 is 11.8 Å². The number of carbonyl (C=O) groups is 1. The first-order chi connectivity index (χ1) is 13.2. The van der Waals surface area contributed by atoms with Gasteiger partial charge >= 0.3 is 0 Å². The van der Waals surface area contributed by atoms with Crippen LogP contribution in [-0.2, 0) is 11.3 Å². The average Bonchev–Trinajstić information content (AvgIpc) is 3.43. The number of anilines is 1. The van der Waals surface area contributed by atoms with Gasteiger partial charge in [0.1, 0.15) is 11.6 Å². The number of nitrogens with zero attached hydrogens (tertiary/aromatic N) is 3. The molecule has 2 N–H and O–H groups in total. The van der Waals surface area contributed by atoms with Crippen LogP contribution in [0.25, 0.3) is 0 Å². The van der Waals surface area contributed by atoms with E-state index in [1.807, 2.05) is 18.2 Å². The molecule has 0 saturated heterocycles. The minimum absolute atomic E-state index is 0.122. The molecule has 1 aliphatic carbocycles. The van der Waals surface area contributed by atoms with Crippen molar-refractivity contribution in [3.05, 3.63) is 66.0 Å². The van der Waals surface area contributed by atoms with Crippen molar-refractivity contribution >= 4 is 23.4 Å². The zero-order valence-corrected chi connectivity index (χ0v) is 15.5. The van der Waals surface area contributed by atoms with E-state index in [9.17, 15) is 9.90 Å². The number of carbonyl (C=O) groups excluding carboxylic acids is 1. The highest BCUT2D eigenvalue weighted by atomic mass is 32.2. The molecule has 0 bridgehead atoms. The lowest BCUT2D eigenvalue weighted by atomic mass is 10.2. The number of hydrogen-bond donors (Lipinski definition) is 2. The molecule has 0 radical (unpaired) electrons. The van der Waals surface area contributed by atoms with Crippen LogP contribution < -0.4 is 5.32 Å². The number of aromatic hydroxyl groups is 1. The predicted octanol–water partition coefficient (Wildman–Crippen LogP) is 3.64. The molecule has 0 spiro atoms. The number of phenols is 1. The first kappa shape index (κ1) is 17.6. The van der Waals surface area contributed by atoms with Gasteiger partial charge in [0.25, 0.3) is 0 Å². The summed E-state index contributed by atoms with van der Waals surface area (Å²) in [6.07, 6.45) is 2.30. The second-order valence-electron chi connectivity index (χ2n) is 6.57. The van der Waals surface area contributed by atoms with Crippen molar-refractivity contribution in [2.75, 3.05) is 11.1 Å². The third kappa shape index (κ3) is 4.49. The smallest absolute Gasteiger partial charge is 0.234 e. The molecular formula is C20H20N4O2S. The molecule has 7 heteroatoms. The second kappa shape index (κ2) is 7.84. The Kier molecular flexibility index (Phi) is 5.11. The summed E-state index contributed by atoms with van der Waals surface area (Å²) in [4.78, 5) is 12.2. The molecule has 3 aromatic rings. The van der Waals surface area contributed by atoms with Gasteiger partial charge in [-0.25, -0.2) is 0 Å². The van der Waals surface area contributed by atoms with E-state index < -0.39 is 0 Å². The maximum atomic E-state index is 12.2. The Hall–Kier alpha value is -2.80. The Balaban J connectivity index is 1.44. The molecule has 27 heavy (non-hydrogen) atoms. The van der Waals surface area contributed by atoms with Crippen molar-refractivity contribution < 1.29 is 9.90 Å². The molecule has 2 aromatic carbocycles. The van der Waals surface area contributed by atoms with Crippen LogP contribution in [0.4, 0.5) is 5.69 Å². The zero-order chi connectivity index (χ0) is 18.6. The molecule has 4 rings (SSSR count). The Morgan fingerprint density at radius 3 is 2.70 bits per heavy atom. The highest BCUT2D eigenvalue weighted by Gasteiger charge is 2.30. The van der Waals surface area contributed by atoms with Crippen LogP contribution in [0.15, 0.2) is 59.8 Å². The van der Waals surface area contributed by atoms with Gasteiger partial charge in [-0.05, 0) is 30.5 Å². The van der Waals surface area contributed by atoms with E-state index in [1.54, 1.807) is 18.2 Å². The lowest BCUT2D eigenvalue weighted by Gasteiger charge is -2.10. The summed E-state index contributed by atoms with van der Waals surface area (Å²) in [7, 11) is 0. The number of thioether (sulfide) groups is 1. The number of amides is 1. The molecule has 0 unspecified atom stereocenters. The van der Waals surface area contributed by atoms with Crippen LogP contribution in [0.5, 0.6) is 5.75 Å². The van der Waals surface area contributed by atoms with Crippen LogP contribution in [0.2, 0.25) is 0 Å². The average molecular weight is 380 g/mol. The van der Waals surface area contributed by atoms with Gasteiger partial charge in [0.2, 0.25) is 5.91 Å². The monoisotopic (exact) mass is 380 g/mol. The topological polar surface area (TPSA) is 80.0 Å². The summed E-state index contributed by atoms with van der Waals surface area (Å²) in [5.41, 5.74) is 1.76. The van der Waals surface area contributed by atoms with Crippen LogP contribution in [-0.4, -0.2) is 31.5 Å². The first-order valence-corrected chi connectivity index (χ1v) is 9.86. The van der Waals surface area contributed by atoms with Gasteiger partial charge < -0.3 is 15.0 Å². The van der Waals surface area contributed by atoms with Crippen LogP contribution in [0, 0.1) is 0 Å². The summed E-state index contributed by atoms with van der Waals surface area (Å²) in [6, 6.07) is 16.7. The number of hydrogen-bond acceptors (Lipinski definition) is 5. The van der Waals surface area contributed by atoms with E-state index in [1.165, 1.54) is 23.4 Å². The molecule has 1 fully saturated rings. The Morgan fingerprint density at radius 2 is 1.96 bits per heavy atom. The lowest BCUT2D eigenvalue weighted by Crippen LogP contribution is -2.15. The predicted molar refractivity (Wildman–Crippen MR) is 105 cm³/mol. The number of nitrogens with one attached hydrogen (secondary N) is 1. The Bertz CT molecular complexity index is 938. The van der Waals surface area contributed by atoms with Crippen molar-refractivity contribution in [2.24, 2.45) is 0 Å². The van der Waals surface area contributed by atoms with Crippen molar-refractivity contribution in [2.45, 2.75) is 30.5 Å². The van der Waals surface area contributed by atoms with E-state index in [0.717, 1.165) is 23.8 Å². The summed E-state index contributed by atoms with van der Waals surface area (Å²) in [6.45, 7) is 0.705. The molecule has 1 amide bonds. The maximum Gasteiger partial charge on any atom is 0.234 e. The Labute approximate surface area is 161 Å². The van der Waals surface area contributed by atoms with E-state index in [2.05, 4.69) is 32.2 Å². The minimum atomic E-state index is -0.146. The van der Waals surface area contributed by atoms with E-state index in [-0.39, 0.29) is 17.4 Å². The standard InChI is InChI=1S/C20H20N4O2S/c25-17-8-4-7-16(11-17)21-18(26)13-27-20-23-22-19(15-9-10-15)24(20)12-14-5-2-1-3-6-14/h1-8,11,15,25H,9-10,12-13H2,(H,21,26). The maximum absolute atomic E-state index is 12.2. The van der Waals surface area contributed by atoms with E-state index in [0.29, 0.717) is 18.2 Å². The van der Waals surface area contributed by atoms with Crippen molar-refractivity contribution in [3.8, 4) is 5.75 Å². The largest absolute Gasteiger partial charge is 0.508 e. The van der Waals surface area contributed by atoms with Crippen LogP contribution in [0.1, 0.15) is 30.1 Å². The third-order valence-electron chi connectivity index (χ3n) is 4.33. The van der Waals surface area contributed by atoms with Crippen molar-refractivity contribution in [3.63, 3.8) is 0 Å². The highest BCUT2D eigenvalue weighted by molar-refractivity contribution is 7.99. The lowest BCUT2D eigenvalue weighted by molar-refractivity contribution is -0.113. The third-order valence-corrected chi connectivity index (χ3v) is 5.30. The molecule has 0 aliphatic heterocycles. The summed E-state index contributed by atoms with van der Waals surface area (Å²) >= 11 is 1.38. The summed E-state index contributed by atoms with van der Waals surface area (Å²) < 4.78 is 2.12. The summed E-state index contributed by atoms with van der Waals surface area (Å²) in [5.74, 6) is 1.70. The van der Waals surface area contributed by atoms with E-state index >= 15 is 0 Å². The highest BCUT2D eigenvalue weighted by Crippen LogP contribution is 2.40. The molecule has 1 aromatic heterocycles. The van der Waals surface area contributed by atoms with Gasteiger partial charge in [0, 0.05) is 17.7 Å². The van der Waals surface area contributed by atoms with E-state index in [4.69, 9.17) is 0 Å². The van der Waals surface area contributed by atoms with Crippen LogP contribution in [0.3, 0.4) is 0 Å². The number of aromatic nitrogens is 3. The number of benzene rings is 2. The van der Waals surface area contributed by atoms with Gasteiger partial charge in [-0.1, -0.05) is 48.2 Å². The fourth-order valence-electron chi connectivity index (χ4n) is 2.88. The molecule has 1 heterocycles. The van der Waals surface area contributed by atoms with Gasteiger partial charge in [0.05, 0.1) is 12.3 Å². The normalized spacial score (nSPS) is 13.5. The zero-order valence-electron chi connectivity index (χ0n) is 14.7. The molecular weight excluding hydrogens is 360 g/mol. The first-order valence-electron chi connectivity index (χ1n) is 8.88. The molecule has 1 saturated carbocycles. The second-order valence-corrected chi connectivity index (χ2v) is 7.52.